The number of aliphatic hydroxyl groups is 1. The molecule has 1 heterocycles. The molecule has 0 spiro atoms. The number of nitrogens with two attached hydrogens (primary N) is 1. The van der Waals surface area contributed by atoms with Crippen molar-refractivity contribution in [3.63, 3.8) is 0 Å². The number of amides is 2. The fraction of sp³-hybridized carbons (Fsp3) is 0.273. The van der Waals surface area contributed by atoms with Crippen LogP contribution in [0.15, 0.2) is 102 Å². The summed E-state index contributed by atoms with van der Waals surface area (Å²) in [5.41, 5.74) is 7.87. The van der Waals surface area contributed by atoms with E-state index in [0.29, 0.717) is 10.6 Å². The minimum atomic E-state index is -3.98. The molecule has 0 saturated carbocycles. The molecule has 4 aromatic rings. The van der Waals surface area contributed by atoms with Crippen molar-refractivity contribution in [3.05, 3.63) is 118 Å². The first-order valence-electron chi connectivity index (χ1n) is 14.4. The maximum absolute atomic E-state index is 13.7. The third-order valence-corrected chi connectivity index (χ3v) is 10.6. The second kappa shape index (κ2) is 15.2. The van der Waals surface area contributed by atoms with Crippen LogP contribution in [-0.2, 0) is 26.1 Å². The number of methoxy groups -OCH3 is 1. The topological polar surface area (TPSA) is 151 Å². The summed E-state index contributed by atoms with van der Waals surface area (Å²) in [5.74, 6) is -0.941. The standard InChI is InChI=1S/C33H38N4O6S2/c1-22(2)37(45(41,42)27-17-14-25(34)15-18-27)28(21-38)29-19-16-26(44-29)20-35-32(39)31(36-33(40)43-3)30(23-10-6-4-7-11-23)24-12-8-5-9-13-24/h4-19,22,28,30-31,38H,20-21,34H2,1-3H3,(H,35,39)(H,36,40)/t28-,31+/m1/s1. The lowest BCUT2D eigenvalue weighted by molar-refractivity contribution is -0.123. The van der Waals surface area contributed by atoms with Crippen LogP contribution in [0.25, 0.3) is 0 Å². The van der Waals surface area contributed by atoms with E-state index >= 15 is 0 Å². The van der Waals surface area contributed by atoms with Crippen LogP contribution in [0, 0.1) is 0 Å². The molecule has 0 unspecified atom stereocenters. The van der Waals surface area contributed by atoms with E-state index in [-0.39, 0.29) is 11.4 Å². The number of anilines is 1. The summed E-state index contributed by atoms with van der Waals surface area (Å²) in [6.45, 7) is 3.16. The molecule has 0 saturated heterocycles. The van der Waals surface area contributed by atoms with Gasteiger partial charge in [-0.3, -0.25) is 4.79 Å². The van der Waals surface area contributed by atoms with Gasteiger partial charge in [-0.25, -0.2) is 13.2 Å². The largest absolute Gasteiger partial charge is 0.453 e. The average molecular weight is 651 g/mol. The Kier molecular flexibility index (Phi) is 11.3. The number of thiophene rings is 1. The number of hydrogen-bond donors (Lipinski definition) is 4. The van der Waals surface area contributed by atoms with Crippen LogP contribution in [-0.4, -0.2) is 55.6 Å². The van der Waals surface area contributed by atoms with Crippen molar-refractivity contribution in [1.82, 2.24) is 14.9 Å². The van der Waals surface area contributed by atoms with Crippen LogP contribution >= 0.6 is 11.3 Å². The van der Waals surface area contributed by atoms with E-state index in [9.17, 15) is 23.1 Å². The van der Waals surface area contributed by atoms with Gasteiger partial charge >= 0.3 is 6.09 Å². The van der Waals surface area contributed by atoms with E-state index in [1.54, 1.807) is 26.0 Å². The lowest BCUT2D eigenvalue weighted by Gasteiger charge is -2.32. The minimum Gasteiger partial charge on any atom is -0.453 e. The van der Waals surface area contributed by atoms with Gasteiger partial charge in [0.1, 0.15) is 6.04 Å². The van der Waals surface area contributed by atoms with Gasteiger partial charge in [0.2, 0.25) is 15.9 Å². The van der Waals surface area contributed by atoms with E-state index in [4.69, 9.17) is 10.5 Å². The molecule has 0 radical (unpaired) electrons. The van der Waals surface area contributed by atoms with Crippen LogP contribution in [0.2, 0.25) is 0 Å². The number of hydrogen-bond acceptors (Lipinski definition) is 8. The SMILES string of the molecule is COC(=O)N[C@H](C(=O)NCc1ccc([C@@H](CO)N(C(C)C)S(=O)(=O)c2ccc(N)cc2)s1)C(c1ccccc1)c1ccccc1. The summed E-state index contributed by atoms with van der Waals surface area (Å²) in [7, 11) is -2.74. The Labute approximate surface area is 267 Å². The zero-order valence-electron chi connectivity index (χ0n) is 25.3. The number of carbonyl (C=O) groups excluding carboxylic acids is 2. The predicted octanol–water partition coefficient (Wildman–Crippen LogP) is 4.64. The highest BCUT2D eigenvalue weighted by molar-refractivity contribution is 7.89. The first kappa shape index (κ1) is 33.7. The van der Waals surface area contributed by atoms with Crippen molar-refractivity contribution in [2.75, 3.05) is 19.5 Å². The number of alkyl carbamates (subject to hydrolysis) is 1. The molecule has 3 aromatic carbocycles. The second-order valence-electron chi connectivity index (χ2n) is 10.6. The van der Waals surface area contributed by atoms with Crippen LogP contribution in [0.5, 0.6) is 0 Å². The summed E-state index contributed by atoms with van der Waals surface area (Å²) in [4.78, 5) is 27.6. The summed E-state index contributed by atoms with van der Waals surface area (Å²) in [5, 5.41) is 16.0. The van der Waals surface area contributed by atoms with Crippen molar-refractivity contribution >= 4 is 39.0 Å². The molecule has 4 rings (SSSR count). The van der Waals surface area contributed by atoms with E-state index < -0.39 is 52.7 Å². The number of rotatable bonds is 13. The molecule has 1 aromatic heterocycles. The van der Waals surface area contributed by atoms with Gasteiger partial charge in [-0.15, -0.1) is 11.3 Å². The molecule has 238 valence electrons. The lowest BCUT2D eigenvalue weighted by Crippen LogP contribution is -2.50. The Bertz CT molecular complexity index is 1620. The maximum atomic E-state index is 13.7. The number of nitrogens with zero attached hydrogens (tertiary/aromatic N) is 1. The molecule has 0 bridgehead atoms. The fourth-order valence-corrected chi connectivity index (χ4v) is 8.10. The number of nitrogens with one attached hydrogen (secondary N) is 2. The quantitative estimate of drug-likeness (QED) is 0.154. The third-order valence-electron chi connectivity index (χ3n) is 7.28. The molecule has 45 heavy (non-hydrogen) atoms. The van der Waals surface area contributed by atoms with Crippen LogP contribution in [0.4, 0.5) is 10.5 Å². The third kappa shape index (κ3) is 8.08. The number of sulfonamides is 1. The number of ether oxygens (including phenoxy) is 1. The molecule has 0 aliphatic heterocycles. The molecule has 0 aliphatic carbocycles. The van der Waals surface area contributed by atoms with Gasteiger partial charge in [0, 0.05) is 27.4 Å². The Hall–Kier alpha value is -4.23. The van der Waals surface area contributed by atoms with Crippen LogP contribution < -0.4 is 16.4 Å². The number of carbonyl (C=O) groups is 2. The average Bonchev–Trinajstić information content (AvgIpc) is 3.51. The molecule has 5 N–H and O–H groups in total. The lowest BCUT2D eigenvalue weighted by atomic mass is 9.84. The molecular weight excluding hydrogens is 613 g/mol. The van der Waals surface area contributed by atoms with Crippen LogP contribution in [0.3, 0.4) is 0 Å². The Morgan fingerprint density at radius 2 is 1.49 bits per heavy atom. The highest BCUT2D eigenvalue weighted by Gasteiger charge is 2.36. The highest BCUT2D eigenvalue weighted by Crippen LogP contribution is 2.34. The summed E-state index contributed by atoms with van der Waals surface area (Å²) in [6.07, 6.45) is -0.743. The van der Waals surface area contributed by atoms with Gasteiger partial charge in [0.15, 0.2) is 0 Å². The van der Waals surface area contributed by atoms with Crippen molar-refractivity contribution in [2.45, 2.75) is 49.3 Å². The van der Waals surface area contributed by atoms with Crippen molar-refractivity contribution in [3.8, 4) is 0 Å². The van der Waals surface area contributed by atoms with Gasteiger partial charge in [0.25, 0.3) is 0 Å². The van der Waals surface area contributed by atoms with Crippen molar-refractivity contribution in [2.24, 2.45) is 0 Å². The summed E-state index contributed by atoms with van der Waals surface area (Å²) >= 11 is 1.29. The summed E-state index contributed by atoms with van der Waals surface area (Å²) in [6, 6.07) is 26.0. The van der Waals surface area contributed by atoms with E-state index in [2.05, 4.69) is 10.6 Å². The molecule has 0 fully saturated rings. The zero-order valence-corrected chi connectivity index (χ0v) is 26.9. The fourth-order valence-electron chi connectivity index (χ4n) is 5.20. The first-order valence-corrected chi connectivity index (χ1v) is 16.6. The van der Waals surface area contributed by atoms with E-state index in [0.717, 1.165) is 16.0 Å². The second-order valence-corrected chi connectivity index (χ2v) is 13.7. The van der Waals surface area contributed by atoms with Gasteiger partial charge in [-0.05, 0) is 61.4 Å². The van der Waals surface area contributed by atoms with Gasteiger partial charge < -0.3 is 26.2 Å². The van der Waals surface area contributed by atoms with Crippen molar-refractivity contribution < 1.29 is 27.9 Å². The number of aliphatic hydroxyl groups excluding tert-OH is 1. The van der Waals surface area contributed by atoms with Gasteiger partial charge in [-0.1, -0.05) is 60.7 Å². The molecule has 2 amide bonds. The first-order chi connectivity index (χ1) is 21.6. The summed E-state index contributed by atoms with van der Waals surface area (Å²) < 4.78 is 33.4. The molecule has 10 nitrogen and oxygen atoms in total. The van der Waals surface area contributed by atoms with Gasteiger partial charge in [0.05, 0.1) is 31.2 Å². The number of benzene rings is 3. The minimum absolute atomic E-state index is 0.0726. The monoisotopic (exact) mass is 650 g/mol. The highest BCUT2D eigenvalue weighted by atomic mass is 32.2. The Balaban J connectivity index is 1.58. The molecule has 2 atom stereocenters. The molecule has 12 heteroatoms. The normalized spacial score (nSPS) is 13.0. The maximum Gasteiger partial charge on any atom is 0.407 e. The van der Waals surface area contributed by atoms with Gasteiger partial charge in [-0.2, -0.15) is 4.31 Å². The number of nitrogen functional groups attached to an aromatic ring is 1. The zero-order chi connectivity index (χ0) is 32.6. The van der Waals surface area contributed by atoms with Crippen molar-refractivity contribution in [1.29, 1.82) is 0 Å². The molecule has 0 aliphatic rings. The predicted molar refractivity (Wildman–Crippen MR) is 175 cm³/mol. The Morgan fingerprint density at radius 1 is 0.911 bits per heavy atom. The van der Waals surface area contributed by atoms with E-state index in [1.165, 1.54) is 47.0 Å². The smallest absolute Gasteiger partial charge is 0.407 e. The van der Waals surface area contributed by atoms with E-state index in [1.807, 2.05) is 60.7 Å². The molecular formula is C33H38N4O6S2. The Morgan fingerprint density at radius 3 is 2.00 bits per heavy atom. The van der Waals surface area contributed by atoms with Crippen LogP contribution in [0.1, 0.15) is 46.7 Å².